The first kappa shape index (κ1) is 23.1. The Kier molecular flexibility index (Phi) is 7.97. The number of hydrogen-bond acceptors (Lipinski definition) is 3. The number of benzene rings is 3. The molecule has 31 heavy (non-hydrogen) atoms. The molecule has 0 heterocycles. The van der Waals surface area contributed by atoms with E-state index < -0.39 is 5.82 Å². The van der Waals surface area contributed by atoms with Gasteiger partial charge >= 0.3 is 0 Å². The first-order valence-corrected chi connectivity index (χ1v) is 10.9. The zero-order chi connectivity index (χ0) is 22.4. The Hall–Kier alpha value is -2.52. The molecule has 0 unspecified atom stereocenters. The summed E-state index contributed by atoms with van der Waals surface area (Å²) in [5, 5.41) is 10.6. The van der Waals surface area contributed by atoms with E-state index in [1.54, 1.807) is 54.6 Å². The molecule has 0 bridgehead atoms. The van der Waals surface area contributed by atoms with Gasteiger partial charge in [0.2, 0.25) is 0 Å². The van der Waals surface area contributed by atoms with Crippen molar-refractivity contribution < 1.29 is 13.9 Å². The lowest BCUT2D eigenvalue weighted by atomic mass is 10.0. The van der Waals surface area contributed by atoms with Gasteiger partial charge in [-0.05, 0) is 64.8 Å². The summed E-state index contributed by atoms with van der Waals surface area (Å²) in [5.74, 6) is 0.521. The lowest BCUT2D eigenvalue weighted by Gasteiger charge is -2.15. The van der Waals surface area contributed by atoms with Crippen LogP contribution in [0.2, 0.25) is 10.0 Å². The smallest absolute Gasteiger partial charge is 0.175 e. The Morgan fingerprint density at radius 3 is 2.58 bits per heavy atom. The number of allylic oxidation sites excluding steroid dienone is 1. The molecule has 158 valence electrons. The maximum Gasteiger partial charge on any atom is 0.175 e. The van der Waals surface area contributed by atoms with Gasteiger partial charge in [-0.3, -0.25) is 0 Å². The number of nitrogens with zero attached hydrogens (tertiary/aromatic N) is 1. The van der Waals surface area contributed by atoms with Crippen molar-refractivity contribution in [1.29, 1.82) is 5.26 Å². The first-order chi connectivity index (χ1) is 14.9. The predicted octanol–water partition coefficient (Wildman–Crippen LogP) is 7.94. The van der Waals surface area contributed by atoms with Gasteiger partial charge in [-0.15, -0.1) is 0 Å². The minimum absolute atomic E-state index is 0.203. The average Bonchev–Trinajstić information content (AvgIpc) is 2.73. The number of rotatable bonds is 7. The van der Waals surface area contributed by atoms with Crippen molar-refractivity contribution in [2.75, 3.05) is 6.61 Å². The zero-order valence-electron chi connectivity index (χ0n) is 16.5. The van der Waals surface area contributed by atoms with E-state index in [0.717, 1.165) is 5.56 Å². The highest BCUT2D eigenvalue weighted by atomic mass is 79.9. The largest absolute Gasteiger partial charge is 0.490 e. The van der Waals surface area contributed by atoms with E-state index >= 15 is 0 Å². The van der Waals surface area contributed by atoms with Crippen LogP contribution in [0.25, 0.3) is 11.6 Å². The molecular formula is C24H17BrCl2FNO2. The Morgan fingerprint density at radius 2 is 1.90 bits per heavy atom. The predicted molar refractivity (Wildman–Crippen MR) is 126 cm³/mol. The standard InChI is InChI=1S/C24H17BrCl2FNO2/c1-2-30-23-11-15(9-17(13-29)19-5-3-4-6-22(19)28)10-20(25)24(23)31-14-16-7-8-18(26)12-21(16)27/h3-12H,2,14H2,1H3/b17-9-. The summed E-state index contributed by atoms with van der Waals surface area (Å²) in [4.78, 5) is 0. The van der Waals surface area contributed by atoms with Crippen LogP contribution in [0.4, 0.5) is 4.39 Å². The molecule has 0 amide bonds. The SMILES string of the molecule is CCOc1cc(/C=C(/C#N)c2ccccc2F)cc(Br)c1OCc1ccc(Cl)cc1Cl. The van der Waals surface area contributed by atoms with Gasteiger partial charge < -0.3 is 9.47 Å². The van der Waals surface area contributed by atoms with Gasteiger partial charge in [0.25, 0.3) is 0 Å². The van der Waals surface area contributed by atoms with Crippen LogP contribution in [0.15, 0.2) is 59.1 Å². The molecular weight excluding hydrogens is 504 g/mol. The summed E-state index contributed by atoms with van der Waals surface area (Å²) in [7, 11) is 0. The average molecular weight is 521 g/mol. The van der Waals surface area contributed by atoms with E-state index in [9.17, 15) is 9.65 Å². The monoisotopic (exact) mass is 519 g/mol. The summed E-state index contributed by atoms with van der Waals surface area (Å²) in [6, 6.07) is 16.9. The molecule has 0 atom stereocenters. The fourth-order valence-corrected chi connectivity index (χ4v) is 3.92. The minimum Gasteiger partial charge on any atom is -0.490 e. The number of ether oxygens (including phenoxy) is 2. The number of hydrogen-bond donors (Lipinski definition) is 0. The van der Waals surface area contributed by atoms with Crippen molar-refractivity contribution >= 4 is 50.8 Å². The molecule has 0 aliphatic heterocycles. The van der Waals surface area contributed by atoms with E-state index in [0.29, 0.717) is 38.2 Å². The highest BCUT2D eigenvalue weighted by Crippen LogP contribution is 2.39. The van der Waals surface area contributed by atoms with Crippen LogP contribution in [-0.2, 0) is 6.61 Å². The normalized spacial score (nSPS) is 11.2. The van der Waals surface area contributed by atoms with Crippen LogP contribution < -0.4 is 9.47 Å². The molecule has 0 aliphatic carbocycles. The molecule has 0 saturated heterocycles. The maximum absolute atomic E-state index is 14.1. The second-order valence-electron chi connectivity index (χ2n) is 6.44. The van der Waals surface area contributed by atoms with Crippen LogP contribution in [0.1, 0.15) is 23.6 Å². The van der Waals surface area contributed by atoms with Crippen molar-refractivity contribution in [3.8, 4) is 17.6 Å². The highest BCUT2D eigenvalue weighted by Gasteiger charge is 2.14. The molecule has 0 aromatic heterocycles. The van der Waals surface area contributed by atoms with Gasteiger partial charge in [-0.25, -0.2) is 4.39 Å². The lowest BCUT2D eigenvalue weighted by molar-refractivity contribution is 0.267. The van der Waals surface area contributed by atoms with Crippen LogP contribution in [0.5, 0.6) is 11.5 Å². The number of nitriles is 1. The van der Waals surface area contributed by atoms with E-state index in [-0.39, 0.29) is 17.7 Å². The zero-order valence-corrected chi connectivity index (χ0v) is 19.6. The Bertz CT molecular complexity index is 1170. The van der Waals surface area contributed by atoms with Gasteiger partial charge in [-0.1, -0.05) is 47.5 Å². The number of halogens is 4. The Labute approximate surface area is 198 Å². The highest BCUT2D eigenvalue weighted by molar-refractivity contribution is 9.10. The fourth-order valence-electron chi connectivity index (χ4n) is 2.88. The van der Waals surface area contributed by atoms with Crippen LogP contribution >= 0.6 is 39.1 Å². The van der Waals surface area contributed by atoms with Crippen molar-refractivity contribution in [3.63, 3.8) is 0 Å². The van der Waals surface area contributed by atoms with Crippen LogP contribution in [-0.4, -0.2) is 6.61 Å². The third-order valence-corrected chi connectivity index (χ3v) is 5.49. The second-order valence-corrected chi connectivity index (χ2v) is 8.14. The molecule has 0 radical (unpaired) electrons. The van der Waals surface area contributed by atoms with E-state index in [1.807, 2.05) is 6.92 Å². The maximum atomic E-state index is 14.1. The van der Waals surface area contributed by atoms with Crippen LogP contribution in [0, 0.1) is 17.1 Å². The van der Waals surface area contributed by atoms with Gasteiger partial charge in [0.15, 0.2) is 11.5 Å². The van der Waals surface area contributed by atoms with Gasteiger partial charge in [0, 0.05) is 21.2 Å². The summed E-state index contributed by atoms with van der Waals surface area (Å²) in [5.41, 5.74) is 1.87. The molecule has 0 saturated carbocycles. The molecule has 3 aromatic carbocycles. The summed E-state index contributed by atoms with van der Waals surface area (Å²) in [6.07, 6.45) is 1.60. The third kappa shape index (κ3) is 5.80. The van der Waals surface area contributed by atoms with Gasteiger partial charge in [-0.2, -0.15) is 5.26 Å². The molecule has 0 aliphatic rings. The first-order valence-electron chi connectivity index (χ1n) is 9.32. The molecule has 0 spiro atoms. The molecule has 7 heteroatoms. The second kappa shape index (κ2) is 10.7. The molecule has 0 fully saturated rings. The van der Waals surface area contributed by atoms with E-state index in [2.05, 4.69) is 22.0 Å². The van der Waals surface area contributed by atoms with E-state index in [1.165, 1.54) is 6.07 Å². The molecule has 0 N–H and O–H groups in total. The molecule has 3 aromatic rings. The topological polar surface area (TPSA) is 42.2 Å². The van der Waals surface area contributed by atoms with Crippen molar-refractivity contribution in [2.24, 2.45) is 0 Å². The fraction of sp³-hybridized carbons (Fsp3) is 0.125. The van der Waals surface area contributed by atoms with Crippen molar-refractivity contribution in [2.45, 2.75) is 13.5 Å². The van der Waals surface area contributed by atoms with Crippen molar-refractivity contribution in [3.05, 3.63) is 91.6 Å². The summed E-state index contributed by atoms with van der Waals surface area (Å²) in [6.45, 7) is 2.48. The van der Waals surface area contributed by atoms with Crippen LogP contribution in [0.3, 0.4) is 0 Å². The quantitative estimate of drug-likeness (QED) is 0.234. The van der Waals surface area contributed by atoms with Gasteiger partial charge in [0.1, 0.15) is 12.4 Å². The van der Waals surface area contributed by atoms with Gasteiger partial charge in [0.05, 0.1) is 22.7 Å². The Morgan fingerprint density at radius 1 is 1.13 bits per heavy atom. The summed E-state index contributed by atoms with van der Waals surface area (Å²) >= 11 is 15.7. The summed E-state index contributed by atoms with van der Waals surface area (Å²) < 4.78 is 26.5. The third-order valence-electron chi connectivity index (χ3n) is 4.31. The lowest BCUT2D eigenvalue weighted by Crippen LogP contribution is -2.01. The van der Waals surface area contributed by atoms with Crippen molar-refractivity contribution in [1.82, 2.24) is 0 Å². The minimum atomic E-state index is -0.459. The molecule has 3 rings (SSSR count). The Balaban J connectivity index is 1.94. The van der Waals surface area contributed by atoms with E-state index in [4.69, 9.17) is 32.7 Å². The molecule has 3 nitrogen and oxygen atoms in total.